The van der Waals surface area contributed by atoms with Gasteiger partial charge in [0.1, 0.15) is 11.4 Å². The van der Waals surface area contributed by atoms with Crippen LogP contribution >= 0.6 is 27.5 Å². The highest BCUT2D eigenvalue weighted by Gasteiger charge is 2.15. The van der Waals surface area contributed by atoms with E-state index in [1.165, 1.54) is 0 Å². The maximum atomic E-state index is 11.5. The number of hydrogen-bond acceptors (Lipinski definition) is 5. The zero-order valence-electron chi connectivity index (χ0n) is 10.5. The van der Waals surface area contributed by atoms with Gasteiger partial charge < -0.3 is 10.1 Å². The van der Waals surface area contributed by atoms with E-state index >= 15 is 0 Å². The Bertz CT molecular complexity index is 435. The van der Waals surface area contributed by atoms with Crippen molar-refractivity contribution in [2.45, 2.75) is 32.8 Å². The molecule has 0 aliphatic rings. The molecule has 0 unspecified atom stereocenters. The van der Waals surface area contributed by atoms with Crippen molar-refractivity contribution in [3.05, 3.63) is 16.0 Å². The fraction of sp³-hybridized carbons (Fsp3) is 0.545. The average molecular weight is 337 g/mol. The number of hydrogen-bond donors (Lipinski definition) is 1. The highest BCUT2D eigenvalue weighted by Crippen LogP contribution is 2.20. The summed E-state index contributed by atoms with van der Waals surface area (Å²) in [4.78, 5) is 19.3. The molecule has 18 heavy (non-hydrogen) atoms. The van der Waals surface area contributed by atoms with Crippen LogP contribution in [0.15, 0.2) is 10.7 Å². The second kappa shape index (κ2) is 6.33. The average Bonchev–Trinajstić information content (AvgIpc) is 2.20. The third-order valence-electron chi connectivity index (χ3n) is 1.76. The number of anilines is 1. The predicted octanol–water partition coefficient (Wildman–Crippen LogP) is 3.04. The number of halogens is 2. The predicted molar refractivity (Wildman–Crippen MR) is 73.7 cm³/mol. The van der Waals surface area contributed by atoms with E-state index in [1.54, 1.807) is 6.20 Å². The van der Waals surface area contributed by atoms with Crippen LogP contribution in [0.25, 0.3) is 0 Å². The third kappa shape index (κ3) is 5.64. The molecule has 7 heteroatoms. The summed E-state index contributed by atoms with van der Waals surface area (Å²) in [6, 6.07) is 0. The van der Waals surface area contributed by atoms with Gasteiger partial charge in [0.15, 0.2) is 0 Å². The van der Waals surface area contributed by atoms with Crippen molar-refractivity contribution in [1.82, 2.24) is 9.97 Å². The fourth-order valence-electron chi connectivity index (χ4n) is 1.15. The number of ether oxygens (including phenoxy) is 1. The van der Waals surface area contributed by atoms with Crippen LogP contribution in [0.2, 0.25) is 5.28 Å². The molecule has 1 rings (SSSR count). The molecule has 1 aromatic rings. The van der Waals surface area contributed by atoms with Crippen molar-refractivity contribution in [1.29, 1.82) is 0 Å². The third-order valence-corrected chi connectivity index (χ3v) is 2.52. The monoisotopic (exact) mass is 335 g/mol. The largest absolute Gasteiger partial charge is 0.460 e. The minimum absolute atomic E-state index is 0.151. The lowest BCUT2D eigenvalue weighted by Crippen LogP contribution is -2.25. The molecule has 5 nitrogen and oxygen atoms in total. The number of rotatable bonds is 4. The molecule has 1 heterocycles. The topological polar surface area (TPSA) is 64.1 Å². The van der Waals surface area contributed by atoms with E-state index in [0.717, 1.165) is 0 Å². The molecule has 0 aliphatic heterocycles. The number of nitrogens with zero attached hydrogens (tertiary/aromatic N) is 2. The van der Waals surface area contributed by atoms with Crippen LogP contribution in [0.1, 0.15) is 27.2 Å². The van der Waals surface area contributed by atoms with Crippen LogP contribution in [-0.2, 0) is 9.53 Å². The minimum Gasteiger partial charge on any atom is -0.460 e. The summed E-state index contributed by atoms with van der Waals surface area (Å²) in [5, 5.41) is 3.14. The molecule has 0 atom stereocenters. The summed E-state index contributed by atoms with van der Waals surface area (Å²) in [6.45, 7) is 5.91. The Morgan fingerprint density at radius 1 is 1.56 bits per heavy atom. The van der Waals surface area contributed by atoms with E-state index in [-0.39, 0.29) is 17.7 Å². The molecule has 0 saturated carbocycles. The van der Waals surface area contributed by atoms with E-state index in [2.05, 4.69) is 31.2 Å². The van der Waals surface area contributed by atoms with Crippen molar-refractivity contribution < 1.29 is 9.53 Å². The van der Waals surface area contributed by atoms with Gasteiger partial charge in [-0.3, -0.25) is 4.79 Å². The SMILES string of the molecule is CC(C)(C)OC(=O)CCNc1nc(Cl)ncc1Br. The van der Waals surface area contributed by atoms with Gasteiger partial charge in [0.05, 0.1) is 10.9 Å². The molecule has 100 valence electrons. The molecule has 1 N–H and O–H groups in total. The number of aromatic nitrogens is 2. The second-order valence-electron chi connectivity index (χ2n) is 4.60. The number of carbonyl (C=O) groups is 1. The summed E-state index contributed by atoms with van der Waals surface area (Å²) in [7, 11) is 0. The Morgan fingerprint density at radius 3 is 2.83 bits per heavy atom. The van der Waals surface area contributed by atoms with Gasteiger partial charge in [0.25, 0.3) is 0 Å². The first kappa shape index (κ1) is 15.2. The number of carbonyl (C=O) groups excluding carboxylic acids is 1. The molecule has 0 aliphatic carbocycles. The lowest BCUT2D eigenvalue weighted by molar-refractivity contribution is -0.154. The van der Waals surface area contributed by atoms with Gasteiger partial charge in [-0.05, 0) is 48.3 Å². The van der Waals surface area contributed by atoms with Gasteiger partial charge in [-0.25, -0.2) is 4.98 Å². The summed E-state index contributed by atoms with van der Waals surface area (Å²) < 4.78 is 5.87. The summed E-state index contributed by atoms with van der Waals surface area (Å²) in [5.41, 5.74) is -0.462. The smallest absolute Gasteiger partial charge is 0.308 e. The summed E-state index contributed by atoms with van der Waals surface area (Å²) in [6.07, 6.45) is 1.80. The summed E-state index contributed by atoms with van der Waals surface area (Å²) >= 11 is 8.95. The van der Waals surface area contributed by atoms with Crippen molar-refractivity contribution in [3.63, 3.8) is 0 Å². The Hall–Kier alpha value is -0.880. The van der Waals surface area contributed by atoms with Crippen molar-refractivity contribution in [3.8, 4) is 0 Å². The summed E-state index contributed by atoms with van der Waals surface area (Å²) in [5.74, 6) is 0.296. The maximum Gasteiger partial charge on any atom is 0.308 e. The van der Waals surface area contributed by atoms with Crippen molar-refractivity contribution >= 4 is 39.3 Å². The van der Waals surface area contributed by atoms with Crippen LogP contribution in [0, 0.1) is 0 Å². The zero-order valence-corrected chi connectivity index (χ0v) is 12.8. The highest BCUT2D eigenvalue weighted by molar-refractivity contribution is 9.10. The molecule has 0 amide bonds. The first-order chi connectivity index (χ1) is 8.28. The van der Waals surface area contributed by atoms with Gasteiger partial charge in [0.2, 0.25) is 5.28 Å². The molecular formula is C11H15BrClN3O2. The van der Waals surface area contributed by atoms with Gasteiger partial charge in [0, 0.05) is 12.7 Å². The molecule has 0 aromatic carbocycles. The van der Waals surface area contributed by atoms with Crippen molar-refractivity contribution in [2.75, 3.05) is 11.9 Å². The van der Waals surface area contributed by atoms with Crippen LogP contribution in [0.3, 0.4) is 0 Å². The molecule has 0 radical (unpaired) electrons. The quantitative estimate of drug-likeness (QED) is 0.676. The Kier molecular flexibility index (Phi) is 5.34. The lowest BCUT2D eigenvalue weighted by Gasteiger charge is -2.19. The Labute approximate surface area is 119 Å². The van der Waals surface area contributed by atoms with Crippen molar-refractivity contribution in [2.24, 2.45) is 0 Å². The van der Waals surface area contributed by atoms with Gasteiger partial charge in [-0.15, -0.1) is 0 Å². The Balaban J connectivity index is 2.42. The number of esters is 1. The van der Waals surface area contributed by atoms with Crippen LogP contribution in [0.5, 0.6) is 0 Å². The van der Waals surface area contributed by atoms with E-state index in [0.29, 0.717) is 16.8 Å². The Morgan fingerprint density at radius 2 is 2.22 bits per heavy atom. The van der Waals surface area contributed by atoms with E-state index in [4.69, 9.17) is 16.3 Å². The van der Waals surface area contributed by atoms with Gasteiger partial charge in [-0.1, -0.05) is 0 Å². The van der Waals surface area contributed by atoms with Gasteiger partial charge >= 0.3 is 5.97 Å². The van der Waals surface area contributed by atoms with Gasteiger partial charge in [-0.2, -0.15) is 4.98 Å². The first-order valence-corrected chi connectivity index (χ1v) is 6.59. The van der Waals surface area contributed by atoms with E-state index in [1.807, 2.05) is 20.8 Å². The lowest BCUT2D eigenvalue weighted by atomic mass is 10.2. The molecule has 0 bridgehead atoms. The molecular weight excluding hydrogens is 321 g/mol. The first-order valence-electron chi connectivity index (χ1n) is 5.42. The normalized spacial score (nSPS) is 11.2. The van der Waals surface area contributed by atoms with Crippen LogP contribution in [0.4, 0.5) is 5.82 Å². The number of nitrogens with one attached hydrogen (secondary N) is 1. The second-order valence-corrected chi connectivity index (χ2v) is 5.79. The van der Waals surface area contributed by atoms with E-state index < -0.39 is 5.60 Å². The van der Waals surface area contributed by atoms with E-state index in [9.17, 15) is 4.79 Å². The van der Waals surface area contributed by atoms with Crippen LogP contribution < -0.4 is 5.32 Å². The highest BCUT2D eigenvalue weighted by atomic mass is 79.9. The fourth-order valence-corrected chi connectivity index (χ4v) is 1.61. The molecule has 0 saturated heterocycles. The molecule has 0 fully saturated rings. The maximum absolute atomic E-state index is 11.5. The molecule has 1 aromatic heterocycles. The minimum atomic E-state index is -0.462. The molecule has 0 spiro atoms. The van der Waals surface area contributed by atoms with Crippen LogP contribution in [-0.4, -0.2) is 28.1 Å². The standard InChI is InChI=1S/C11H15BrClN3O2/c1-11(2,3)18-8(17)4-5-14-9-7(12)6-15-10(13)16-9/h6H,4-5H2,1-3H3,(H,14,15,16). The zero-order chi connectivity index (χ0) is 13.8.